The summed E-state index contributed by atoms with van der Waals surface area (Å²) in [6.45, 7) is 5.23. The summed E-state index contributed by atoms with van der Waals surface area (Å²) in [5, 5.41) is 15.8. The molecule has 0 saturated carbocycles. The summed E-state index contributed by atoms with van der Waals surface area (Å²) in [5.41, 5.74) is 0.0814. The number of hydrogen-bond acceptors (Lipinski definition) is 5. The molecule has 0 unspecified atom stereocenters. The van der Waals surface area contributed by atoms with E-state index in [0.29, 0.717) is 23.7 Å². The van der Waals surface area contributed by atoms with Crippen LogP contribution in [0, 0.1) is 6.92 Å². The van der Waals surface area contributed by atoms with Gasteiger partial charge in [0.05, 0.1) is 11.1 Å². The molecule has 2 aromatic rings. The van der Waals surface area contributed by atoms with E-state index in [2.05, 4.69) is 15.5 Å². The van der Waals surface area contributed by atoms with Crippen molar-refractivity contribution in [2.75, 3.05) is 0 Å². The van der Waals surface area contributed by atoms with Gasteiger partial charge in [0.25, 0.3) is 0 Å². The van der Waals surface area contributed by atoms with Gasteiger partial charge in [-0.05, 0) is 31.9 Å². The fourth-order valence-electron chi connectivity index (χ4n) is 2.22. The van der Waals surface area contributed by atoms with Crippen LogP contribution in [0.4, 0.5) is 0 Å². The maximum atomic E-state index is 12.1. The van der Waals surface area contributed by atoms with E-state index in [4.69, 9.17) is 9.63 Å². The molecule has 1 heterocycles. The number of benzene rings is 1. The zero-order valence-electron chi connectivity index (χ0n) is 13.3. The summed E-state index contributed by atoms with van der Waals surface area (Å²) in [5.74, 6) is -0.381. The largest absolute Gasteiger partial charge is 0.478 e. The Bertz CT molecular complexity index is 722. The highest BCUT2D eigenvalue weighted by Gasteiger charge is 2.28. The van der Waals surface area contributed by atoms with Crippen molar-refractivity contribution in [3.05, 3.63) is 47.1 Å². The van der Waals surface area contributed by atoms with Crippen LogP contribution in [0.15, 0.2) is 28.8 Å². The fourth-order valence-corrected chi connectivity index (χ4v) is 2.22. The van der Waals surface area contributed by atoms with E-state index in [-0.39, 0.29) is 17.9 Å². The van der Waals surface area contributed by atoms with Crippen molar-refractivity contribution < 1.29 is 19.2 Å². The number of hydrogen-bond donors (Lipinski definition) is 2. The molecule has 2 N–H and O–H groups in total. The summed E-state index contributed by atoms with van der Waals surface area (Å²) >= 11 is 0. The zero-order valence-corrected chi connectivity index (χ0v) is 13.3. The Labute approximate surface area is 133 Å². The van der Waals surface area contributed by atoms with Crippen LogP contribution in [0.3, 0.4) is 0 Å². The van der Waals surface area contributed by atoms with Gasteiger partial charge in [-0.2, -0.15) is 4.98 Å². The summed E-state index contributed by atoms with van der Waals surface area (Å²) < 4.78 is 4.93. The fraction of sp³-hybridized carbons (Fsp3) is 0.375. The predicted octanol–water partition coefficient (Wildman–Crippen LogP) is 2.06. The molecule has 0 fully saturated rings. The highest BCUT2D eigenvalue weighted by molar-refractivity contribution is 5.89. The van der Waals surface area contributed by atoms with Crippen molar-refractivity contribution in [3.8, 4) is 0 Å². The first-order valence-electron chi connectivity index (χ1n) is 7.22. The predicted molar refractivity (Wildman–Crippen MR) is 81.9 cm³/mol. The van der Waals surface area contributed by atoms with Crippen LogP contribution in [0.2, 0.25) is 0 Å². The number of nitrogens with one attached hydrogen (secondary N) is 1. The van der Waals surface area contributed by atoms with E-state index >= 15 is 0 Å². The Morgan fingerprint density at radius 1 is 1.30 bits per heavy atom. The van der Waals surface area contributed by atoms with Crippen LogP contribution in [-0.2, 0) is 16.8 Å². The maximum Gasteiger partial charge on any atom is 0.335 e. The van der Waals surface area contributed by atoms with Crippen LogP contribution < -0.4 is 5.32 Å². The molecule has 0 aliphatic carbocycles. The van der Waals surface area contributed by atoms with Gasteiger partial charge in [-0.3, -0.25) is 4.79 Å². The molecule has 0 bridgehead atoms. The molecule has 7 nitrogen and oxygen atoms in total. The first-order chi connectivity index (χ1) is 10.8. The third-order valence-corrected chi connectivity index (χ3v) is 3.41. The first-order valence-corrected chi connectivity index (χ1v) is 7.22. The molecule has 23 heavy (non-hydrogen) atoms. The number of carboxylic acids is 1. The number of nitrogens with zero attached hydrogens (tertiary/aromatic N) is 2. The topological polar surface area (TPSA) is 105 Å². The standard InChI is InChI=1S/C16H19N3O4/c1-10-17-15(19-23-10)16(2,3)18-13(20)9-8-11-6-4-5-7-12(11)14(21)22/h4-7H,8-9H2,1-3H3,(H,18,20)(H,21,22). The number of aromatic carboxylic acids is 1. The molecule has 0 aliphatic heterocycles. The molecule has 0 saturated heterocycles. The molecule has 122 valence electrons. The number of carbonyl (C=O) groups excluding carboxylic acids is 1. The molecule has 2 rings (SSSR count). The molecular formula is C16H19N3O4. The zero-order chi connectivity index (χ0) is 17.0. The van der Waals surface area contributed by atoms with E-state index in [1.54, 1.807) is 39.0 Å². The van der Waals surface area contributed by atoms with Crippen molar-refractivity contribution >= 4 is 11.9 Å². The van der Waals surface area contributed by atoms with Gasteiger partial charge in [0.15, 0.2) is 5.82 Å². The van der Waals surface area contributed by atoms with Gasteiger partial charge in [0.2, 0.25) is 11.8 Å². The minimum Gasteiger partial charge on any atom is -0.478 e. The Morgan fingerprint density at radius 3 is 2.61 bits per heavy atom. The molecule has 1 aromatic carbocycles. The van der Waals surface area contributed by atoms with Gasteiger partial charge < -0.3 is 14.9 Å². The molecule has 7 heteroatoms. The summed E-state index contributed by atoms with van der Waals surface area (Å²) in [7, 11) is 0. The van der Waals surface area contributed by atoms with Gasteiger partial charge in [0, 0.05) is 13.3 Å². The first kappa shape index (κ1) is 16.7. The van der Waals surface area contributed by atoms with Gasteiger partial charge in [-0.15, -0.1) is 0 Å². The minimum absolute atomic E-state index is 0.171. The molecule has 0 spiro atoms. The second-order valence-corrected chi connectivity index (χ2v) is 5.77. The smallest absolute Gasteiger partial charge is 0.335 e. The van der Waals surface area contributed by atoms with E-state index in [9.17, 15) is 9.59 Å². The van der Waals surface area contributed by atoms with Crippen molar-refractivity contribution in [1.82, 2.24) is 15.5 Å². The lowest BCUT2D eigenvalue weighted by Gasteiger charge is -2.22. The minimum atomic E-state index is -0.997. The van der Waals surface area contributed by atoms with Crippen LogP contribution in [0.25, 0.3) is 0 Å². The molecule has 0 atom stereocenters. The molecule has 1 amide bonds. The average Bonchev–Trinajstić information content (AvgIpc) is 2.92. The molecular weight excluding hydrogens is 298 g/mol. The summed E-state index contributed by atoms with van der Waals surface area (Å²) in [6, 6.07) is 6.66. The maximum absolute atomic E-state index is 12.1. The number of rotatable bonds is 6. The van der Waals surface area contributed by atoms with E-state index in [0.717, 1.165) is 0 Å². The lowest BCUT2D eigenvalue weighted by molar-refractivity contribution is -0.122. The third kappa shape index (κ3) is 4.15. The van der Waals surface area contributed by atoms with Crippen LogP contribution in [0.1, 0.15) is 47.9 Å². The van der Waals surface area contributed by atoms with E-state index < -0.39 is 11.5 Å². The monoisotopic (exact) mass is 317 g/mol. The Morgan fingerprint density at radius 2 is 2.00 bits per heavy atom. The second-order valence-electron chi connectivity index (χ2n) is 5.77. The average molecular weight is 317 g/mol. The number of aromatic nitrogens is 2. The van der Waals surface area contributed by atoms with Gasteiger partial charge in [0.1, 0.15) is 0 Å². The van der Waals surface area contributed by atoms with Crippen molar-refractivity contribution in [2.45, 2.75) is 39.2 Å². The molecule has 0 aliphatic rings. The lowest BCUT2D eigenvalue weighted by Crippen LogP contribution is -2.42. The van der Waals surface area contributed by atoms with Gasteiger partial charge >= 0.3 is 5.97 Å². The number of amides is 1. The second kappa shape index (κ2) is 6.60. The lowest BCUT2D eigenvalue weighted by atomic mass is 10.0. The third-order valence-electron chi connectivity index (χ3n) is 3.41. The van der Waals surface area contributed by atoms with E-state index in [1.807, 2.05) is 0 Å². The summed E-state index contributed by atoms with van der Waals surface area (Å²) in [4.78, 5) is 27.4. The molecule has 1 aromatic heterocycles. The summed E-state index contributed by atoms with van der Waals surface area (Å²) in [6.07, 6.45) is 0.514. The highest BCUT2D eigenvalue weighted by Crippen LogP contribution is 2.17. The van der Waals surface area contributed by atoms with Crippen molar-refractivity contribution in [2.24, 2.45) is 0 Å². The SMILES string of the molecule is Cc1nc(C(C)(C)NC(=O)CCc2ccccc2C(=O)O)no1. The Balaban J connectivity index is 1.99. The van der Waals surface area contributed by atoms with Crippen LogP contribution in [-0.4, -0.2) is 27.1 Å². The highest BCUT2D eigenvalue weighted by atomic mass is 16.5. The number of carboxylic acid groups (broad SMARTS) is 1. The Kier molecular flexibility index (Phi) is 4.78. The van der Waals surface area contributed by atoms with Gasteiger partial charge in [-0.25, -0.2) is 4.79 Å². The van der Waals surface area contributed by atoms with E-state index in [1.165, 1.54) is 6.07 Å². The quantitative estimate of drug-likeness (QED) is 0.845. The normalized spacial score (nSPS) is 11.3. The van der Waals surface area contributed by atoms with Crippen LogP contribution >= 0.6 is 0 Å². The van der Waals surface area contributed by atoms with Crippen molar-refractivity contribution in [1.29, 1.82) is 0 Å². The van der Waals surface area contributed by atoms with Gasteiger partial charge in [-0.1, -0.05) is 23.4 Å². The molecule has 0 radical (unpaired) electrons. The van der Waals surface area contributed by atoms with Crippen molar-refractivity contribution in [3.63, 3.8) is 0 Å². The number of carbonyl (C=O) groups is 2. The number of aryl methyl sites for hydroxylation is 2. The Hall–Kier alpha value is -2.70. The van der Waals surface area contributed by atoms with Crippen LogP contribution in [0.5, 0.6) is 0 Å².